The molecule has 0 saturated carbocycles. The molecule has 0 bridgehead atoms. The van der Waals surface area contributed by atoms with Crippen LogP contribution in [-0.4, -0.2) is 25.1 Å². The third kappa shape index (κ3) is 2.89. The van der Waals surface area contributed by atoms with E-state index in [4.69, 9.17) is 11.6 Å². The van der Waals surface area contributed by atoms with Crippen molar-refractivity contribution in [3.63, 3.8) is 0 Å². The van der Waals surface area contributed by atoms with E-state index in [0.717, 1.165) is 17.2 Å². The van der Waals surface area contributed by atoms with Crippen molar-refractivity contribution in [3.05, 3.63) is 34.3 Å². The molecule has 0 fully saturated rings. The summed E-state index contributed by atoms with van der Waals surface area (Å²) >= 11 is 5.57. The minimum Gasteiger partial charge on any atom is -0.274 e. The van der Waals surface area contributed by atoms with Gasteiger partial charge in [-0.05, 0) is 12.1 Å². The zero-order chi connectivity index (χ0) is 13.2. The zero-order valence-electron chi connectivity index (χ0n) is 9.01. The molecular weight excluding hydrogens is 259 g/mol. The summed E-state index contributed by atoms with van der Waals surface area (Å²) in [7, 11) is 2.50. The van der Waals surface area contributed by atoms with Crippen LogP contribution in [0.15, 0.2) is 18.2 Å². The minimum atomic E-state index is -4.60. The van der Waals surface area contributed by atoms with Crippen LogP contribution in [0.2, 0.25) is 5.02 Å². The van der Waals surface area contributed by atoms with Crippen molar-refractivity contribution in [2.75, 3.05) is 14.2 Å². The maximum absolute atomic E-state index is 12.5. The van der Waals surface area contributed by atoms with Crippen LogP contribution in [0, 0.1) is 0 Å². The van der Waals surface area contributed by atoms with Gasteiger partial charge in [0, 0.05) is 7.05 Å². The number of hydroxylamine groups is 2. The molecule has 0 heterocycles. The number of alkyl halides is 3. The molecule has 1 aromatic carbocycles. The van der Waals surface area contributed by atoms with Crippen LogP contribution in [0.5, 0.6) is 0 Å². The highest BCUT2D eigenvalue weighted by molar-refractivity contribution is 6.34. The van der Waals surface area contributed by atoms with Gasteiger partial charge in [0.05, 0.1) is 23.3 Å². The Balaban J connectivity index is 3.24. The van der Waals surface area contributed by atoms with Gasteiger partial charge >= 0.3 is 6.18 Å². The second-order valence-corrected chi connectivity index (χ2v) is 3.53. The maximum Gasteiger partial charge on any atom is 0.417 e. The van der Waals surface area contributed by atoms with E-state index in [1.165, 1.54) is 20.2 Å². The number of amides is 1. The van der Waals surface area contributed by atoms with Crippen LogP contribution < -0.4 is 0 Å². The van der Waals surface area contributed by atoms with Crippen molar-refractivity contribution in [3.8, 4) is 0 Å². The molecule has 17 heavy (non-hydrogen) atoms. The van der Waals surface area contributed by atoms with Crippen LogP contribution in [0.1, 0.15) is 15.9 Å². The summed E-state index contributed by atoms with van der Waals surface area (Å²) < 4.78 is 37.6. The lowest BCUT2D eigenvalue weighted by Gasteiger charge is -2.16. The first-order valence-electron chi connectivity index (χ1n) is 4.47. The topological polar surface area (TPSA) is 29.5 Å². The van der Waals surface area contributed by atoms with E-state index in [-0.39, 0.29) is 5.56 Å². The minimum absolute atomic E-state index is 0.258. The Kier molecular flexibility index (Phi) is 4.00. The van der Waals surface area contributed by atoms with E-state index in [1.807, 2.05) is 0 Å². The number of carbonyl (C=O) groups excluding carboxylic acids is 1. The number of benzene rings is 1. The summed E-state index contributed by atoms with van der Waals surface area (Å²) in [6, 6.07) is 3.13. The molecular formula is C10H9ClF3NO2. The second-order valence-electron chi connectivity index (χ2n) is 3.15. The van der Waals surface area contributed by atoms with Gasteiger partial charge in [-0.3, -0.25) is 9.63 Å². The quantitative estimate of drug-likeness (QED) is 0.771. The average Bonchev–Trinajstić information content (AvgIpc) is 2.25. The highest BCUT2D eigenvalue weighted by Crippen LogP contribution is 2.36. The van der Waals surface area contributed by atoms with Crippen molar-refractivity contribution in [1.29, 1.82) is 0 Å². The molecule has 1 amide bonds. The number of halogens is 4. The highest BCUT2D eigenvalue weighted by Gasteiger charge is 2.35. The molecule has 94 valence electrons. The van der Waals surface area contributed by atoms with Crippen LogP contribution in [-0.2, 0) is 11.0 Å². The van der Waals surface area contributed by atoms with Crippen molar-refractivity contribution < 1.29 is 22.8 Å². The van der Waals surface area contributed by atoms with E-state index < -0.39 is 22.7 Å². The molecule has 0 saturated heterocycles. The Morgan fingerprint density at radius 3 is 2.47 bits per heavy atom. The molecule has 0 atom stereocenters. The van der Waals surface area contributed by atoms with Gasteiger partial charge in [-0.25, -0.2) is 5.06 Å². The molecule has 0 radical (unpaired) electrons. The summed E-state index contributed by atoms with van der Waals surface area (Å²) in [4.78, 5) is 16.2. The summed E-state index contributed by atoms with van der Waals surface area (Å²) in [5.74, 6) is -0.747. The lowest BCUT2D eigenvalue weighted by atomic mass is 10.1. The molecule has 0 unspecified atom stereocenters. The number of rotatable bonds is 2. The molecule has 3 nitrogen and oxygen atoms in total. The lowest BCUT2D eigenvalue weighted by molar-refractivity contribution is -0.137. The Labute approximate surface area is 101 Å². The molecule has 0 aliphatic heterocycles. The molecule has 0 N–H and O–H groups in total. The third-order valence-corrected chi connectivity index (χ3v) is 2.50. The van der Waals surface area contributed by atoms with Gasteiger partial charge in [0.15, 0.2) is 0 Å². The largest absolute Gasteiger partial charge is 0.417 e. The van der Waals surface area contributed by atoms with Crippen LogP contribution >= 0.6 is 11.6 Å². The summed E-state index contributed by atoms with van der Waals surface area (Å²) in [5.41, 5.74) is -1.31. The predicted molar refractivity (Wildman–Crippen MR) is 55.6 cm³/mol. The third-order valence-electron chi connectivity index (χ3n) is 2.09. The fourth-order valence-electron chi connectivity index (χ4n) is 1.17. The highest BCUT2D eigenvalue weighted by atomic mass is 35.5. The normalized spacial score (nSPS) is 11.4. The Hall–Kier alpha value is -1.27. The standard InChI is InChI=1S/C10H9ClF3NO2/c1-15(17-2)9(16)6-4-3-5-7(8(6)11)10(12,13)14/h3-5H,1-2H3. The second kappa shape index (κ2) is 4.93. The van der Waals surface area contributed by atoms with Crippen LogP contribution in [0.4, 0.5) is 13.2 Å². The van der Waals surface area contributed by atoms with Crippen molar-refractivity contribution in [2.45, 2.75) is 6.18 Å². The van der Waals surface area contributed by atoms with Gasteiger partial charge in [0.25, 0.3) is 5.91 Å². The van der Waals surface area contributed by atoms with Crippen molar-refractivity contribution >= 4 is 17.5 Å². The summed E-state index contributed by atoms with van der Waals surface area (Å²) in [6.07, 6.45) is -4.60. The summed E-state index contributed by atoms with van der Waals surface area (Å²) in [5, 5.41) is 0.162. The lowest BCUT2D eigenvalue weighted by Crippen LogP contribution is -2.26. The van der Waals surface area contributed by atoms with Gasteiger partial charge in [-0.2, -0.15) is 13.2 Å². The fourth-order valence-corrected chi connectivity index (χ4v) is 1.48. The first kappa shape index (κ1) is 13.8. The van der Waals surface area contributed by atoms with E-state index >= 15 is 0 Å². The zero-order valence-corrected chi connectivity index (χ0v) is 9.76. The Bertz CT molecular complexity index is 434. The molecule has 7 heteroatoms. The average molecular weight is 268 g/mol. The molecule has 0 spiro atoms. The van der Waals surface area contributed by atoms with Gasteiger partial charge in [0.1, 0.15) is 0 Å². The van der Waals surface area contributed by atoms with Crippen molar-refractivity contribution in [1.82, 2.24) is 5.06 Å². The number of nitrogens with zero attached hydrogens (tertiary/aromatic N) is 1. The van der Waals surface area contributed by atoms with Gasteiger partial charge in [-0.15, -0.1) is 0 Å². The molecule has 0 aliphatic carbocycles. The van der Waals surface area contributed by atoms with Gasteiger partial charge < -0.3 is 0 Å². The molecule has 1 rings (SSSR count). The predicted octanol–water partition coefficient (Wildman–Crippen LogP) is 2.99. The molecule has 0 aliphatic rings. The maximum atomic E-state index is 12.5. The van der Waals surface area contributed by atoms with E-state index in [1.54, 1.807) is 0 Å². The number of hydrogen-bond acceptors (Lipinski definition) is 2. The van der Waals surface area contributed by atoms with Crippen LogP contribution in [0.25, 0.3) is 0 Å². The van der Waals surface area contributed by atoms with E-state index in [0.29, 0.717) is 0 Å². The van der Waals surface area contributed by atoms with E-state index in [2.05, 4.69) is 4.84 Å². The van der Waals surface area contributed by atoms with Crippen molar-refractivity contribution in [2.24, 2.45) is 0 Å². The summed E-state index contributed by atoms with van der Waals surface area (Å²) in [6.45, 7) is 0. The van der Waals surface area contributed by atoms with Gasteiger partial charge in [0.2, 0.25) is 0 Å². The SMILES string of the molecule is CON(C)C(=O)c1cccc(C(F)(F)F)c1Cl. The number of hydrogen-bond donors (Lipinski definition) is 0. The van der Waals surface area contributed by atoms with E-state index in [9.17, 15) is 18.0 Å². The monoisotopic (exact) mass is 267 g/mol. The smallest absolute Gasteiger partial charge is 0.274 e. The number of carbonyl (C=O) groups is 1. The fraction of sp³-hybridized carbons (Fsp3) is 0.300. The first-order valence-corrected chi connectivity index (χ1v) is 4.84. The van der Waals surface area contributed by atoms with Gasteiger partial charge in [-0.1, -0.05) is 17.7 Å². The van der Waals surface area contributed by atoms with Crippen LogP contribution in [0.3, 0.4) is 0 Å². The molecule has 0 aromatic heterocycles. The Morgan fingerprint density at radius 2 is 2.00 bits per heavy atom. The Morgan fingerprint density at radius 1 is 1.41 bits per heavy atom. The molecule has 1 aromatic rings. The first-order chi connectivity index (χ1) is 7.79.